The van der Waals surface area contributed by atoms with E-state index in [0.29, 0.717) is 16.4 Å². The number of nitrogens with two attached hydrogens (primary N) is 1. The van der Waals surface area contributed by atoms with Gasteiger partial charge in [-0.25, -0.2) is 4.98 Å². The van der Waals surface area contributed by atoms with E-state index < -0.39 is 6.10 Å². The summed E-state index contributed by atoms with van der Waals surface area (Å²) in [6.07, 6.45) is 1.91. The highest BCUT2D eigenvalue weighted by Gasteiger charge is 2.29. The molecule has 1 saturated heterocycles. The molecule has 5 nitrogen and oxygen atoms in total. The maximum atomic E-state index is 10.6. The SMILES string of the molecule is CN1CCCN(C)C(C(O)c2cc(Cl)cnc2N)C1. The quantitative estimate of drug-likeness (QED) is 0.848. The molecule has 1 aliphatic rings. The fraction of sp³-hybridized carbons (Fsp3) is 0.615. The number of likely N-dealkylation sites (N-methyl/N-ethyl adjacent to an activating group) is 2. The van der Waals surface area contributed by atoms with Crippen LogP contribution in [0.25, 0.3) is 0 Å². The zero-order valence-corrected chi connectivity index (χ0v) is 12.1. The number of aliphatic hydroxyl groups is 1. The first-order chi connectivity index (χ1) is 8.99. The lowest BCUT2D eigenvalue weighted by atomic mass is 10.0. The van der Waals surface area contributed by atoms with Crippen LogP contribution in [0.2, 0.25) is 5.02 Å². The normalized spacial score (nSPS) is 24.1. The summed E-state index contributed by atoms with van der Waals surface area (Å²) in [6, 6.07) is 1.70. The Morgan fingerprint density at radius 3 is 2.95 bits per heavy atom. The molecule has 3 N–H and O–H groups in total. The molecule has 0 aromatic carbocycles. The molecule has 0 bridgehead atoms. The van der Waals surface area contributed by atoms with Crippen molar-refractivity contribution in [2.24, 2.45) is 0 Å². The van der Waals surface area contributed by atoms with E-state index in [2.05, 4.69) is 21.8 Å². The number of nitrogens with zero attached hydrogens (tertiary/aromatic N) is 3. The summed E-state index contributed by atoms with van der Waals surface area (Å²) in [5.41, 5.74) is 6.47. The fourth-order valence-corrected chi connectivity index (χ4v) is 2.72. The van der Waals surface area contributed by atoms with Crippen molar-refractivity contribution < 1.29 is 5.11 Å². The van der Waals surface area contributed by atoms with Crippen LogP contribution in [-0.2, 0) is 0 Å². The number of aliphatic hydroxyl groups excluding tert-OH is 1. The van der Waals surface area contributed by atoms with Gasteiger partial charge in [0.15, 0.2) is 0 Å². The maximum Gasteiger partial charge on any atom is 0.129 e. The lowest BCUT2D eigenvalue weighted by Crippen LogP contribution is -2.42. The van der Waals surface area contributed by atoms with Gasteiger partial charge < -0.3 is 15.7 Å². The minimum atomic E-state index is -0.684. The Bertz CT molecular complexity index is 443. The van der Waals surface area contributed by atoms with Gasteiger partial charge >= 0.3 is 0 Å². The molecule has 2 atom stereocenters. The lowest BCUT2D eigenvalue weighted by molar-refractivity contribution is 0.0575. The van der Waals surface area contributed by atoms with E-state index in [0.717, 1.165) is 26.1 Å². The Hall–Kier alpha value is -0.880. The summed E-state index contributed by atoms with van der Waals surface area (Å²) in [5, 5.41) is 11.1. The van der Waals surface area contributed by atoms with E-state index in [9.17, 15) is 5.11 Å². The van der Waals surface area contributed by atoms with Crippen LogP contribution in [0.1, 0.15) is 18.1 Å². The summed E-state index contributed by atoms with van der Waals surface area (Å²) >= 11 is 5.94. The fourth-order valence-electron chi connectivity index (χ4n) is 2.56. The number of halogens is 1. The van der Waals surface area contributed by atoms with Gasteiger partial charge in [-0.05, 0) is 39.7 Å². The number of aromatic nitrogens is 1. The van der Waals surface area contributed by atoms with Crippen LogP contribution in [0.5, 0.6) is 0 Å². The first kappa shape index (κ1) is 14.5. The van der Waals surface area contributed by atoms with Gasteiger partial charge in [-0.15, -0.1) is 0 Å². The standard InChI is InChI=1S/C13H21ClN4O/c1-17-4-3-5-18(2)11(8-17)12(19)10-6-9(14)7-16-13(10)15/h6-7,11-12,19H,3-5,8H2,1-2H3,(H2,15,16). The molecule has 0 aliphatic carbocycles. The summed E-state index contributed by atoms with van der Waals surface area (Å²) in [6.45, 7) is 2.79. The van der Waals surface area contributed by atoms with Gasteiger partial charge in [0.25, 0.3) is 0 Å². The molecule has 0 spiro atoms. The number of pyridine rings is 1. The number of nitrogen functional groups attached to an aromatic ring is 1. The van der Waals surface area contributed by atoms with Crippen LogP contribution in [0.4, 0.5) is 5.82 Å². The van der Waals surface area contributed by atoms with Gasteiger partial charge in [0.05, 0.1) is 17.2 Å². The molecule has 1 aromatic heterocycles. The van der Waals surface area contributed by atoms with Crippen molar-refractivity contribution in [2.45, 2.75) is 18.6 Å². The summed E-state index contributed by atoms with van der Waals surface area (Å²) < 4.78 is 0. The summed E-state index contributed by atoms with van der Waals surface area (Å²) in [5.74, 6) is 0.345. The molecule has 1 fully saturated rings. The minimum Gasteiger partial charge on any atom is -0.387 e. The van der Waals surface area contributed by atoms with E-state index in [1.165, 1.54) is 6.20 Å². The van der Waals surface area contributed by atoms with E-state index >= 15 is 0 Å². The third kappa shape index (κ3) is 3.36. The van der Waals surface area contributed by atoms with Crippen LogP contribution < -0.4 is 5.73 Å². The second-order valence-electron chi connectivity index (χ2n) is 5.24. The molecule has 2 heterocycles. The van der Waals surface area contributed by atoms with E-state index in [4.69, 9.17) is 17.3 Å². The smallest absolute Gasteiger partial charge is 0.129 e. The predicted molar refractivity (Wildman–Crippen MR) is 77.2 cm³/mol. The molecule has 6 heteroatoms. The Balaban J connectivity index is 2.25. The molecular weight excluding hydrogens is 264 g/mol. The van der Waals surface area contributed by atoms with Crippen LogP contribution in [0, 0.1) is 0 Å². The van der Waals surface area contributed by atoms with Crippen molar-refractivity contribution >= 4 is 17.4 Å². The molecule has 1 aromatic rings. The second-order valence-corrected chi connectivity index (χ2v) is 5.67. The lowest BCUT2D eigenvalue weighted by Gasteiger charge is -2.32. The van der Waals surface area contributed by atoms with Crippen molar-refractivity contribution in [1.82, 2.24) is 14.8 Å². The highest BCUT2D eigenvalue weighted by Crippen LogP contribution is 2.28. The second kappa shape index (κ2) is 6.05. The highest BCUT2D eigenvalue weighted by molar-refractivity contribution is 6.30. The zero-order valence-electron chi connectivity index (χ0n) is 11.4. The van der Waals surface area contributed by atoms with Gasteiger partial charge in [-0.1, -0.05) is 11.6 Å². The molecule has 2 unspecified atom stereocenters. The van der Waals surface area contributed by atoms with Crippen LogP contribution in [0.15, 0.2) is 12.3 Å². The van der Waals surface area contributed by atoms with Gasteiger partial charge in [0.2, 0.25) is 0 Å². The molecule has 0 radical (unpaired) electrons. The summed E-state index contributed by atoms with van der Waals surface area (Å²) in [7, 11) is 4.10. The Morgan fingerprint density at radius 2 is 2.21 bits per heavy atom. The number of hydrogen-bond acceptors (Lipinski definition) is 5. The molecule has 1 aliphatic heterocycles. The predicted octanol–water partition coefficient (Wildman–Crippen LogP) is 0.986. The third-order valence-corrected chi connectivity index (χ3v) is 3.92. The molecule has 0 saturated carbocycles. The first-order valence-electron chi connectivity index (χ1n) is 6.47. The molecular formula is C13H21ClN4O. The molecule has 2 rings (SSSR count). The third-order valence-electron chi connectivity index (χ3n) is 3.71. The average molecular weight is 285 g/mol. The van der Waals surface area contributed by atoms with Crippen molar-refractivity contribution in [3.05, 3.63) is 22.8 Å². The van der Waals surface area contributed by atoms with Crippen molar-refractivity contribution in [3.8, 4) is 0 Å². The average Bonchev–Trinajstić information content (AvgIpc) is 2.53. The zero-order chi connectivity index (χ0) is 14.0. The molecule has 106 valence electrons. The van der Waals surface area contributed by atoms with E-state index in [1.807, 2.05) is 7.05 Å². The number of anilines is 1. The monoisotopic (exact) mass is 284 g/mol. The first-order valence-corrected chi connectivity index (χ1v) is 6.84. The van der Waals surface area contributed by atoms with Crippen molar-refractivity contribution in [1.29, 1.82) is 0 Å². The van der Waals surface area contributed by atoms with Crippen molar-refractivity contribution in [2.75, 3.05) is 39.5 Å². The minimum absolute atomic E-state index is 0.00457. The maximum absolute atomic E-state index is 10.6. The van der Waals surface area contributed by atoms with Crippen LogP contribution in [-0.4, -0.2) is 59.7 Å². The summed E-state index contributed by atoms with van der Waals surface area (Å²) in [4.78, 5) is 8.42. The van der Waals surface area contributed by atoms with Gasteiger partial charge in [0, 0.05) is 18.3 Å². The Kier molecular flexibility index (Phi) is 4.62. The largest absolute Gasteiger partial charge is 0.387 e. The number of rotatable bonds is 2. The molecule has 0 amide bonds. The Morgan fingerprint density at radius 1 is 1.47 bits per heavy atom. The topological polar surface area (TPSA) is 65.6 Å². The number of hydrogen-bond donors (Lipinski definition) is 2. The van der Waals surface area contributed by atoms with Crippen molar-refractivity contribution in [3.63, 3.8) is 0 Å². The van der Waals surface area contributed by atoms with Crippen LogP contribution in [0.3, 0.4) is 0 Å². The van der Waals surface area contributed by atoms with Gasteiger partial charge in [-0.2, -0.15) is 0 Å². The van der Waals surface area contributed by atoms with Crippen LogP contribution >= 0.6 is 11.6 Å². The van der Waals surface area contributed by atoms with Gasteiger partial charge in [-0.3, -0.25) is 4.90 Å². The van der Waals surface area contributed by atoms with Gasteiger partial charge in [0.1, 0.15) is 5.82 Å². The molecule has 19 heavy (non-hydrogen) atoms. The van der Waals surface area contributed by atoms with E-state index in [-0.39, 0.29) is 6.04 Å². The Labute approximate surface area is 119 Å². The van der Waals surface area contributed by atoms with E-state index in [1.54, 1.807) is 6.07 Å². The highest BCUT2D eigenvalue weighted by atomic mass is 35.5.